The van der Waals surface area contributed by atoms with Crippen molar-refractivity contribution in [3.63, 3.8) is 0 Å². The van der Waals surface area contributed by atoms with Crippen molar-refractivity contribution in [3.05, 3.63) is 30.6 Å². The molecule has 0 spiro atoms. The van der Waals surface area contributed by atoms with Gasteiger partial charge in [-0.05, 0) is 39.0 Å². The lowest BCUT2D eigenvalue weighted by Crippen LogP contribution is -2.17. The summed E-state index contributed by atoms with van der Waals surface area (Å²) < 4.78 is 49.9. The molecule has 0 aliphatic carbocycles. The standard InChI is InChI=1S/C20H25F3N5O2PS/c1-12(2)30-14-5-4-6-15(7-14)32-18-16-17(26-19(24)27-18)28(10-25-16)8-13(3)29-11-31-9-20(21,22)23/h4-7,10,12-13,31H,8-9,11H2,1-3H3,(H2,24,26,27). The molecule has 0 aliphatic rings. The Morgan fingerprint density at radius 2 is 2.00 bits per heavy atom. The van der Waals surface area contributed by atoms with Crippen LogP contribution in [0.5, 0.6) is 5.75 Å². The fourth-order valence-corrected chi connectivity index (χ4v) is 4.57. The van der Waals surface area contributed by atoms with E-state index in [4.69, 9.17) is 15.2 Å². The van der Waals surface area contributed by atoms with E-state index >= 15 is 0 Å². The quantitative estimate of drug-likeness (QED) is 0.246. The number of hydrogen-bond donors (Lipinski definition) is 1. The molecule has 3 aromatic rings. The number of benzene rings is 1. The molecule has 0 amide bonds. The van der Waals surface area contributed by atoms with Crippen LogP contribution in [0.2, 0.25) is 0 Å². The predicted octanol–water partition coefficient (Wildman–Crippen LogP) is 4.95. The third kappa shape index (κ3) is 7.21. The summed E-state index contributed by atoms with van der Waals surface area (Å²) in [5.74, 6) is 0.863. The van der Waals surface area contributed by atoms with Crippen LogP contribution in [0.4, 0.5) is 19.1 Å². The number of aromatic nitrogens is 4. The summed E-state index contributed by atoms with van der Waals surface area (Å²) in [6, 6.07) is 7.65. The first kappa shape index (κ1) is 24.5. The van der Waals surface area contributed by atoms with E-state index < -0.39 is 12.3 Å². The van der Waals surface area contributed by atoms with Crippen LogP contribution >= 0.6 is 20.3 Å². The Balaban J connectivity index is 1.72. The fraction of sp³-hybridized carbons (Fsp3) is 0.450. The van der Waals surface area contributed by atoms with E-state index in [1.807, 2.05) is 38.1 Å². The zero-order valence-corrected chi connectivity index (χ0v) is 19.7. The van der Waals surface area contributed by atoms with Crippen molar-refractivity contribution >= 4 is 37.5 Å². The van der Waals surface area contributed by atoms with E-state index in [0.29, 0.717) is 22.7 Å². The number of nitrogen functional groups attached to an aromatic ring is 1. The van der Waals surface area contributed by atoms with Crippen molar-refractivity contribution in [1.82, 2.24) is 19.5 Å². The van der Waals surface area contributed by atoms with E-state index in [2.05, 4.69) is 15.0 Å². The number of fused-ring (bicyclic) bond motifs is 1. The molecule has 12 heteroatoms. The highest BCUT2D eigenvalue weighted by molar-refractivity contribution is 7.99. The zero-order chi connectivity index (χ0) is 23.3. The van der Waals surface area contributed by atoms with Crippen molar-refractivity contribution < 1.29 is 22.6 Å². The van der Waals surface area contributed by atoms with Gasteiger partial charge in [-0.1, -0.05) is 26.4 Å². The first-order chi connectivity index (χ1) is 15.1. The Labute approximate surface area is 190 Å². The Hall–Kier alpha value is -2.10. The highest BCUT2D eigenvalue weighted by Crippen LogP contribution is 2.33. The first-order valence-corrected chi connectivity index (χ1v) is 12.2. The number of alkyl halides is 3. The number of nitrogens with zero attached hydrogens (tertiary/aromatic N) is 4. The second-order valence-electron chi connectivity index (χ2n) is 7.36. The van der Waals surface area contributed by atoms with E-state index in [-0.39, 0.29) is 33.1 Å². The van der Waals surface area contributed by atoms with Crippen LogP contribution in [0.3, 0.4) is 0 Å². The van der Waals surface area contributed by atoms with Gasteiger partial charge in [0, 0.05) is 4.90 Å². The summed E-state index contributed by atoms with van der Waals surface area (Å²) in [4.78, 5) is 14.0. The van der Waals surface area contributed by atoms with E-state index in [1.54, 1.807) is 17.8 Å². The van der Waals surface area contributed by atoms with Gasteiger partial charge in [-0.3, -0.25) is 0 Å². The Morgan fingerprint density at radius 1 is 1.22 bits per heavy atom. The topological polar surface area (TPSA) is 88.1 Å². The molecule has 32 heavy (non-hydrogen) atoms. The highest BCUT2D eigenvalue weighted by atomic mass is 32.2. The van der Waals surface area contributed by atoms with Crippen LogP contribution in [0, 0.1) is 0 Å². The van der Waals surface area contributed by atoms with Crippen LogP contribution in [-0.4, -0.2) is 50.4 Å². The monoisotopic (exact) mass is 487 g/mol. The summed E-state index contributed by atoms with van der Waals surface area (Å²) in [5, 5.41) is 0.605. The SMILES string of the molecule is CC(C)Oc1cccc(Sc2nc(N)nc3c2ncn3CC(C)OCPCC(F)(F)F)c1. The number of imidazole rings is 1. The molecule has 3 rings (SSSR count). The minimum Gasteiger partial charge on any atom is -0.491 e. The van der Waals surface area contributed by atoms with E-state index in [0.717, 1.165) is 10.6 Å². The van der Waals surface area contributed by atoms with Gasteiger partial charge in [0.05, 0.1) is 37.6 Å². The van der Waals surface area contributed by atoms with Crippen LogP contribution in [0.25, 0.3) is 11.2 Å². The van der Waals surface area contributed by atoms with Gasteiger partial charge in [0.2, 0.25) is 5.95 Å². The maximum atomic E-state index is 12.3. The molecule has 0 saturated heterocycles. The van der Waals surface area contributed by atoms with Gasteiger partial charge in [-0.25, -0.2) is 9.97 Å². The molecule has 0 radical (unpaired) electrons. The van der Waals surface area contributed by atoms with Gasteiger partial charge >= 0.3 is 6.18 Å². The smallest absolute Gasteiger partial charge is 0.392 e. The normalized spacial score (nSPS) is 13.5. The Morgan fingerprint density at radius 3 is 2.72 bits per heavy atom. The highest BCUT2D eigenvalue weighted by Gasteiger charge is 2.26. The lowest BCUT2D eigenvalue weighted by atomic mass is 10.3. The third-order valence-electron chi connectivity index (χ3n) is 4.09. The maximum absolute atomic E-state index is 12.3. The van der Waals surface area contributed by atoms with Crippen molar-refractivity contribution in [1.29, 1.82) is 0 Å². The van der Waals surface area contributed by atoms with Gasteiger partial charge < -0.3 is 19.8 Å². The zero-order valence-electron chi connectivity index (χ0n) is 17.9. The summed E-state index contributed by atoms with van der Waals surface area (Å²) in [7, 11) is -0.329. The summed E-state index contributed by atoms with van der Waals surface area (Å²) >= 11 is 1.40. The minimum absolute atomic E-state index is 0.0559. The van der Waals surface area contributed by atoms with Gasteiger partial charge in [0.15, 0.2) is 5.65 Å². The maximum Gasteiger partial charge on any atom is 0.392 e. The molecule has 0 aliphatic heterocycles. The molecule has 0 bridgehead atoms. The molecule has 2 N–H and O–H groups in total. The number of halogens is 3. The Kier molecular flexibility index (Phi) is 8.19. The second-order valence-corrected chi connectivity index (χ2v) is 9.57. The summed E-state index contributed by atoms with van der Waals surface area (Å²) in [6.45, 7) is 6.10. The molecule has 7 nitrogen and oxygen atoms in total. The molecule has 174 valence electrons. The van der Waals surface area contributed by atoms with Gasteiger partial charge in [0.1, 0.15) is 16.3 Å². The number of rotatable bonds is 10. The largest absolute Gasteiger partial charge is 0.491 e. The lowest BCUT2D eigenvalue weighted by Gasteiger charge is -2.15. The van der Waals surface area contributed by atoms with Crippen molar-refractivity contribution in [3.8, 4) is 5.75 Å². The second kappa shape index (κ2) is 10.7. The van der Waals surface area contributed by atoms with Gasteiger partial charge in [-0.15, -0.1) is 0 Å². The number of anilines is 1. The molecule has 2 aromatic heterocycles. The van der Waals surface area contributed by atoms with Gasteiger partial charge in [-0.2, -0.15) is 18.2 Å². The van der Waals surface area contributed by atoms with Crippen molar-refractivity contribution in [2.75, 3.05) is 18.2 Å². The average molecular weight is 487 g/mol. The molecule has 2 atom stereocenters. The van der Waals surface area contributed by atoms with Crippen LogP contribution in [-0.2, 0) is 11.3 Å². The lowest BCUT2D eigenvalue weighted by molar-refractivity contribution is -0.106. The van der Waals surface area contributed by atoms with Crippen LogP contribution in [0.15, 0.2) is 40.5 Å². The average Bonchev–Trinajstić information content (AvgIpc) is 3.07. The fourth-order valence-electron chi connectivity index (χ4n) is 2.86. The molecular weight excluding hydrogens is 462 g/mol. The van der Waals surface area contributed by atoms with E-state index in [1.165, 1.54) is 11.8 Å². The van der Waals surface area contributed by atoms with E-state index in [9.17, 15) is 13.2 Å². The first-order valence-electron chi connectivity index (χ1n) is 9.92. The van der Waals surface area contributed by atoms with Crippen molar-refractivity contribution in [2.45, 2.75) is 55.6 Å². The summed E-state index contributed by atoms with van der Waals surface area (Å²) in [6.07, 6.45) is -3.58. The Bertz CT molecular complexity index is 1050. The molecule has 2 heterocycles. The van der Waals surface area contributed by atoms with Crippen LogP contribution < -0.4 is 10.5 Å². The van der Waals surface area contributed by atoms with Crippen LogP contribution in [0.1, 0.15) is 20.8 Å². The van der Waals surface area contributed by atoms with Gasteiger partial charge in [0.25, 0.3) is 0 Å². The molecule has 2 unspecified atom stereocenters. The number of ether oxygens (including phenoxy) is 2. The molecule has 1 aromatic carbocycles. The molecule has 0 saturated carbocycles. The third-order valence-corrected chi connectivity index (χ3v) is 6.08. The summed E-state index contributed by atoms with van der Waals surface area (Å²) in [5.41, 5.74) is 7.07. The minimum atomic E-state index is -4.16. The molecule has 0 fully saturated rings. The number of hydrogen-bond acceptors (Lipinski definition) is 7. The number of nitrogens with two attached hydrogens (primary N) is 1. The predicted molar refractivity (Wildman–Crippen MR) is 121 cm³/mol. The van der Waals surface area contributed by atoms with Crippen molar-refractivity contribution in [2.24, 2.45) is 0 Å². The molecular formula is C20H25F3N5O2PS.